The van der Waals surface area contributed by atoms with E-state index < -0.39 is 0 Å². The van der Waals surface area contributed by atoms with Crippen molar-refractivity contribution in [1.82, 2.24) is 10.2 Å². The van der Waals surface area contributed by atoms with Crippen molar-refractivity contribution >= 4 is 11.8 Å². The Hall–Kier alpha value is -2.04. The molecule has 0 spiro atoms. The molecule has 1 aliphatic carbocycles. The number of benzene rings is 1. The van der Waals surface area contributed by atoms with Crippen LogP contribution < -0.4 is 10.1 Å². The van der Waals surface area contributed by atoms with Crippen LogP contribution in [0, 0.1) is 12.8 Å². The van der Waals surface area contributed by atoms with Crippen molar-refractivity contribution in [2.24, 2.45) is 5.92 Å². The third-order valence-corrected chi connectivity index (χ3v) is 4.94. The molecule has 25 heavy (non-hydrogen) atoms. The third-order valence-electron chi connectivity index (χ3n) is 4.94. The predicted molar refractivity (Wildman–Crippen MR) is 96.4 cm³/mol. The van der Waals surface area contributed by atoms with Crippen LogP contribution in [-0.2, 0) is 9.59 Å². The van der Waals surface area contributed by atoms with Gasteiger partial charge >= 0.3 is 0 Å². The Bertz CT molecular complexity index is 587. The highest BCUT2D eigenvalue weighted by Gasteiger charge is 2.34. The SMILES string of the molecule is Cc1ccc(OCCCC(=O)NC2CCN(C(=O)C3CC3)CC2)cc1. The summed E-state index contributed by atoms with van der Waals surface area (Å²) in [6.07, 6.45) is 5.03. The fourth-order valence-corrected chi connectivity index (χ4v) is 3.19. The van der Waals surface area contributed by atoms with Crippen molar-refractivity contribution in [1.29, 1.82) is 0 Å². The maximum Gasteiger partial charge on any atom is 0.225 e. The van der Waals surface area contributed by atoms with E-state index in [1.807, 2.05) is 36.1 Å². The molecular formula is C20H28N2O3. The largest absolute Gasteiger partial charge is 0.494 e. The first kappa shape index (κ1) is 17.8. The summed E-state index contributed by atoms with van der Waals surface area (Å²) in [6.45, 7) is 4.14. The van der Waals surface area contributed by atoms with Crippen LogP contribution in [0.15, 0.2) is 24.3 Å². The smallest absolute Gasteiger partial charge is 0.225 e. The number of carbonyl (C=O) groups excluding carboxylic acids is 2. The van der Waals surface area contributed by atoms with E-state index in [-0.39, 0.29) is 11.9 Å². The van der Waals surface area contributed by atoms with Crippen molar-refractivity contribution in [2.45, 2.75) is 51.5 Å². The molecule has 0 unspecified atom stereocenters. The third kappa shape index (κ3) is 5.48. The van der Waals surface area contributed by atoms with Gasteiger partial charge in [-0.15, -0.1) is 0 Å². The zero-order valence-corrected chi connectivity index (χ0v) is 15.0. The molecule has 1 aliphatic heterocycles. The average molecular weight is 344 g/mol. The molecular weight excluding hydrogens is 316 g/mol. The molecule has 1 heterocycles. The van der Waals surface area contributed by atoms with Crippen molar-refractivity contribution < 1.29 is 14.3 Å². The topological polar surface area (TPSA) is 58.6 Å². The van der Waals surface area contributed by atoms with Gasteiger partial charge in [-0.3, -0.25) is 9.59 Å². The van der Waals surface area contributed by atoms with E-state index in [1.165, 1.54) is 5.56 Å². The van der Waals surface area contributed by atoms with Gasteiger partial charge in [-0.1, -0.05) is 17.7 Å². The summed E-state index contributed by atoms with van der Waals surface area (Å²) in [4.78, 5) is 26.0. The van der Waals surface area contributed by atoms with Gasteiger partial charge in [0.15, 0.2) is 0 Å². The summed E-state index contributed by atoms with van der Waals surface area (Å²) in [5.74, 6) is 1.54. The number of amides is 2. The first-order valence-corrected chi connectivity index (χ1v) is 9.39. The average Bonchev–Trinajstić information content (AvgIpc) is 3.45. The minimum atomic E-state index is 0.0828. The number of piperidine rings is 1. The van der Waals surface area contributed by atoms with Crippen molar-refractivity contribution in [2.75, 3.05) is 19.7 Å². The van der Waals surface area contributed by atoms with E-state index in [1.54, 1.807) is 0 Å². The van der Waals surface area contributed by atoms with Crippen LogP contribution in [0.4, 0.5) is 0 Å². The summed E-state index contributed by atoms with van der Waals surface area (Å²) in [5, 5.41) is 3.10. The molecule has 1 aromatic carbocycles. The van der Waals surface area contributed by atoms with Gasteiger partial charge in [-0.05, 0) is 51.2 Å². The molecule has 1 N–H and O–H groups in total. The zero-order chi connectivity index (χ0) is 17.6. The van der Waals surface area contributed by atoms with E-state index in [2.05, 4.69) is 5.32 Å². The van der Waals surface area contributed by atoms with Crippen molar-refractivity contribution in [3.05, 3.63) is 29.8 Å². The molecule has 0 radical (unpaired) electrons. The minimum Gasteiger partial charge on any atom is -0.494 e. The summed E-state index contributed by atoms with van der Waals surface area (Å²) in [5.41, 5.74) is 1.21. The second-order valence-electron chi connectivity index (χ2n) is 7.21. The number of aryl methyl sites for hydroxylation is 1. The number of hydrogen-bond donors (Lipinski definition) is 1. The normalized spacial score (nSPS) is 18.0. The Kier molecular flexibility index (Phi) is 5.95. The number of ether oxygens (including phenoxy) is 1. The van der Waals surface area contributed by atoms with Gasteiger partial charge in [0, 0.05) is 31.5 Å². The molecule has 5 nitrogen and oxygen atoms in total. The molecule has 5 heteroatoms. The lowest BCUT2D eigenvalue weighted by molar-refractivity contribution is -0.133. The van der Waals surface area contributed by atoms with Gasteiger partial charge in [0.05, 0.1) is 6.61 Å². The van der Waals surface area contributed by atoms with E-state index in [0.717, 1.165) is 44.5 Å². The Morgan fingerprint density at radius 1 is 1.12 bits per heavy atom. The van der Waals surface area contributed by atoms with Crippen LogP contribution in [0.5, 0.6) is 5.75 Å². The van der Waals surface area contributed by atoms with Crippen LogP contribution in [-0.4, -0.2) is 42.5 Å². The highest BCUT2D eigenvalue weighted by molar-refractivity contribution is 5.81. The maximum absolute atomic E-state index is 12.1. The van der Waals surface area contributed by atoms with Crippen LogP contribution in [0.3, 0.4) is 0 Å². The molecule has 3 rings (SSSR count). The van der Waals surface area contributed by atoms with Gasteiger partial charge in [-0.2, -0.15) is 0 Å². The molecule has 2 amide bonds. The van der Waals surface area contributed by atoms with Crippen LogP contribution in [0.25, 0.3) is 0 Å². The fourth-order valence-electron chi connectivity index (χ4n) is 3.19. The maximum atomic E-state index is 12.1. The predicted octanol–water partition coefficient (Wildman–Crippen LogP) is 2.67. The van der Waals surface area contributed by atoms with Crippen LogP contribution in [0.2, 0.25) is 0 Å². The van der Waals surface area contributed by atoms with Gasteiger partial charge < -0.3 is 15.0 Å². The Morgan fingerprint density at radius 2 is 1.80 bits per heavy atom. The highest BCUT2D eigenvalue weighted by Crippen LogP contribution is 2.31. The second kappa shape index (κ2) is 8.37. The molecule has 0 bridgehead atoms. The fraction of sp³-hybridized carbons (Fsp3) is 0.600. The van der Waals surface area contributed by atoms with Gasteiger partial charge in [0.1, 0.15) is 5.75 Å². The van der Waals surface area contributed by atoms with Gasteiger partial charge in [-0.25, -0.2) is 0 Å². The monoisotopic (exact) mass is 344 g/mol. The Morgan fingerprint density at radius 3 is 2.44 bits per heavy atom. The lowest BCUT2D eigenvalue weighted by Crippen LogP contribution is -2.47. The van der Waals surface area contributed by atoms with E-state index >= 15 is 0 Å². The second-order valence-corrected chi connectivity index (χ2v) is 7.21. The summed E-state index contributed by atoms with van der Waals surface area (Å²) in [6, 6.07) is 8.14. The molecule has 2 fully saturated rings. The summed E-state index contributed by atoms with van der Waals surface area (Å²) in [7, 11) is 0. The molecule has 0 aromatic heterocycles. The number of rotatable bonds is 7. The Balaban J connectivity index is 1.28. The van der Waals surface area contributed by atoms with Gasteiger partial charge in [0.2, 0.25) is 11.8 Å². The van der Waals surface area contributed by atoms with E-state index in [9.17, 15) is 9.59 Å². The van der Waals surface area contributed by atoms with Gasteiger partial charge in [0.25, 0.3) is 0 Å². The highest BCUT2D eigenvalue weighted by atomic mass is 16.5. The lowest BCUT2D eigenvalue weighted by Gasteiger charge is -2.32. The number of carbonyl (C=O) groups is 2. The number of nitrogens with one attached hydrogen (secondary N) is 1. The Labute approximate surface area is 149 Å². The molecule has 0 atom stereocenters. The molecule has 1 saturated carbocycles. The van der Waals surface area contributed by atoms with Crippen molar-refractivity contribution in [3.63, 3.8) is 0 Å². The molecule has 1 saturated heterocycles. The van der Waals surface area contributed by atoms with E-state index in [4.69, 9.17) is 4.74 Å². The molecule has 1 aromatic rings. The summed E-state index contributed by atoms with van der Waals surface area (Å²) >= 11 is 0. The van der Waals surface area contributed by atoms with Crippen LogP contribution in [0.1, 0.15) is 44.1 Å². The van der Waals surface area contributed by atoms with Crippen LogP contribution >= 0.6 is 0 Å². The first-order chi connectivity index (χ1) is 12.1. The lowest BCUT2D eigenvalue weighted by atomic mass is 10.0. The number of hydrogen-bond acceptors (Lipinski definition) is 3. The standard InChI is InChI=1S/C20H28N2O3/c1-15-4-8-18(9-5-15)25-14-2-3-19(23)21-17-10-12-22(13-11-17)20(24)16-6-7-16/h4-5,8-9,16-17H,2-3,6-7,10-14H2,1H3,(H,21,23). The number of likely N-dealkylation sites (tertiary alicyclic amines) is 1. The van der Waals surface area contributed by atoms with E-state index in [0.29, 0.717) is 31.3 Å². The molecule has 2 aliphatic rings. The molecule has 136 valence electrons. The minimum absolute atomic E-state index is 0.0828. The first-order valence-electron chi connectivity index (χ1n) is 9.39. The number of nitrogens with zero attached hydrogens (tertiary/aromatic N) is 1. The quantitative estimate of drug-likeness (QED) is 0.774. The van der Waals surface area contributed by atoms with Crippen molar-refractivity contribution in [3.8, 4) is 5.75 Å². The summed E-state index contributed by atoms with van der Waals surface area (Å²) < 4.78 is 5.65. The zero-order valence-electron chi connectivity index (χ0n) is 15.0.